The lowest BCUT2D eigenvalue weighted by Gasteiger charge is -2.09. The molecule has 2 atom stereocenters. The molecule has 1 amide bonds. The average molecular weight is 530 g/mol. The van der Waals surface area contributed by atoms with Gasteiger partial charge in [0.2, 0.25) is 5.91 Å². The summed E-state index contributed by atoms with van der Waals surface area (Å²) in [7, 11) is 0. The van der Waals surface area contributed by atoms with Crippen molar-refractivity contribution in [2.24, 2.45) is 5.92 Å². The number of hydrogen-bond donors (Lipinski definition) is 1. The van der Waals surface area contributed by atoms with Crippen LogP contribution in [0.4, 0.5) is 5.69 Å². The number of ketones is 1. The number of aromatic nitrogens is 2. The number of nitrogens with one attached hydrogen (secondary N) is 1. The van der Waals surface area contributed by atoms with E-state index >= 15 is 0 Å². The van der Waals surface area contributed by atoms with E-state index in [1.165, 1.54) is 12.1 Å². The first-order valence-electron chi connectivity index (χ1n) is 9.40. The normalized spacial score (nSPS) is 18.8. The van der Waals surface area contributed by atoms with Gasteiger partial charge in [0, 0.05) is 39.6 Å². The number of nitrogens with zero attached hydrogens (tertiary/aromatic N) is 2. The van der Waals surface area contributed by atoms with E-state index in [1.807, 2.05) is 0 Å². The highest BCUT2D eigenvalue weighted by molar-refractivity contribution is 6.53. The van der Waals surface area contributed by atoms with Crippen LogP contribution in [-0.4, -0.2) is 26.0 Å². The topological polar surface area (TPSA) is 72.0 Å². The van der Waals surface area contributed by atoms with E-state index in [-0.39, 0.29) is 22.8 Å². The number of Topliss-reactive ketones (excluding diaryl/α,β-unsaturated/α-hetero) is 1. The van der Waals surface area contributed by atoms with E-state index in [9.17, 15) is 9.59 Å². The van der Waals surface area contributed by atoms with Crippen LogP contribution in [0.25, 0.3) is 0 Å². The molecule has 3 aromatic rings. The van der Waals surface area contributed by atoms with Crippen LogP contribution in [0.15, 0.2) is 54.9 Å². The van der Waals surface area contributed by atoms with Crippen LogP contribution in [0.3, 0.4) is 0 Å². The van der Waals surface area contributed by atoms with Gasteiger partial charge in [-0.25, -0.2) is 9.97 Å². The monoisotopic (exact) mass is 527 g/mol. The fourth-order valence-electron chi connectivity index (χ4n) is 3.52. The Morgan fingerprint density at radius 3 is 2.28 bits per heavy atom. The highest BCUT2D eigenvalue weighted by Crippen LogP contribution is 2.65. The first kappa shape index (κ1) is 23.3. The molecule has 1 fully saturated rings. The molecule has 1 saturated carbocycles. The van der Waals surface area contributed by atoms with Crippen molar-refractivity contribution in [3.05, 3.63) is 86.9 Å². The van der Waals surface area contributed by atoms with Gasteiger partial charge in [0.1, 0.15) is 10.2 Å². The third-order valence-electron chi connectivity index (χ3n) is 5.05. The molecule has 164 valence electrons. The molecule has 1 heterocycles. The molecule has 1 aliphatic rings. The second-order valence-corrected chi connectivity index (χ2v) is 10.0. The summed E-state index contributed by atoms with van der Waals surface area (Å²) >= 11 is 31.1. The van der Waals surface area contributed by atoms with Crippen LogP contribution in [0.5, 0.6) is 0 Å². The van der Waals surface area contributed by atoms with Gasteiger partial charge in [0.15, 0.2) is 5.78 Å². The van der Waals surface area contributed by atoms with E-state index < -0.39 is 22.1 Å². The van der Waals surface area contributed by atoms with Gasteiger partial charge >= 0.3 is 0 Å². The number of hydrogen-bond acceptors (Lipinski definition) is 4. The predicted molar refractivity (Wildman–Crippen MR) is 127 cm³/mol. The van der Waals surface area contributed by atoms with Crippen molar-refractivity contribution in [1.82, 2.24) is 9.97 Å². The molecule has 1 aromatic heterocycles. The minimum Gasteiger partial charge on any atom is -0.326 e. The standard InChI is InChI=1S/C22H14Cl5N3O2/c23-12-6-11(7-13(24)8-12)19-20(22(19,26)27)21(32)30-14-2-3-16(25)15(9-14)17(31)10-18-28-4-1-5-29-18/h1-9,19-20H,10H2,(H,30,32). The van der Waals surface area contributed by atoms with Crippen LogP contribution in [0.1, 0.15) is 27.7 Å². The van der Waals surface area contributed by atoms with Gasteiger partial charge in [0.05, 0.1) is 17.4 Å². The molecule has 5 nitrogen and oxygen atoms in total. The summed E-state index contributed by atoms with van der Waals surface area (Å²) in [5.41, 5.74) is 1.30. The Balaban J connectivity index is 1.51. The average Bonchev–Trinajstić information content (AvgIpc) is 3.31. The van der Waals surface area contributed by atoms with Crippen LogP contribution < -0.4 is 5.32 Å². The van der Waals surface area contributed by atoms with Gasteiger partial charge in [-0.2, -0.15) is 0 Å². The Morgan fingerprint density at radius 1 is 0.969 bits per heavy atom. The van der Waals surface area contributed by atoms with Crippen molar-refractivity contribution in [2.45, 2.75) is 16.7 Å². The Labute approximate surface area is 209 Å². The van der Waals surface area contributed by atoms with Crippen molar-refractivity contribution in [3.8, 4) is 0 Å². The third-order valence-corrected chi connectivity index (χ3v) is 6.76. The van der Waals surface area contributed by atoms with Crippen molar-refractivity contribution < 1.29 is 9.59 Å². The predicted octanol–water partition coefficient (Wildman–Crippen LogP) is 6.39. The van der Waals surface area contributed by atoms with Crippen molar-refractivity contribution in [1.29, 1.82) is 0 Å². The maximum atomic E-state index is 12.9. The molecule has 2 aromatic carbocycles. The number of anilines is 1. The number of benzene rings is 2. The SMILES string of the molecule is O=C(Cc1ncccn1)c1cc(NC(=O)C2C(c3cc(Cl)cc(Cl)c3)C2(Cl)Cl)ccc1Cl. The number of carbonyl (C=O) groups is 2. The van der Waals surface area contributed by atoms with E-state index in [1.54, 1.807) is 42.7 Å². The summed E-state index contributed by atoms with van der Waals surface area (Å²) in [6.45, 7) is 0. The maximum Gasteiger partial charge on any atom is 0.231 e. The first-order valence-corrected chi connectivity index (χ1v) is 11.3. The minimum atomic E-state index is -1.31. The molecule has 1 N–H and O–H groups in total. The first-order chi connectivity index (χ1) is 15.2. The second-order valence-electron chi connectivity index (χ2n) is 7.28. The highest BCUT2D eigenvalue weighted by Gasteiger charge is 2.67. The Morgan fingerprint density at radius 2 is 1.62 bits per heavy atom. The van der Waals surface area contributed by atoms with Gasteiger partial charge in [0.25, 0.3) is 0 Å². The van der Waals surface area contributed by atoms with E-state index in [0.717, 1.165) is 0 Å². The molecule has 32 heavy (non-hydrogen) atoms. The lowest BCUT2D eigenvalue weighted by Crippen LogP contribution is -2.17. The fourth-order valence-corrected chi connectivity index (χ4v) is 5.11. The van der Waals surface area contributed by atoms with Gasteiger partial charge in [-0.3, -0.25) is 9.59 Å². The molecule has 0 spiro atoms. The summed E-state index contributed by atoms with van der Waals surface area (Å²) in [4.78, 5) is 33.7. The number of carbonyl (C=O) groups excluding carboxylic acids is 2. The largest absolute Gasteiger partial charge is 0.326 e. The molecular formula is C22H14Cl5N3O2. The molecular weight excluding hydrogens is 516 g/mol. The lowest BCUT2D eigenvalue weighted by molar-refractivity contribution is -0.117. The molecule has 0 bridgehead atoms. The molecule has 0 radical (unpaired) electrons. The molecule has 10 heteroatoms. The van der Waals surface area contributed by atoms with Gasteiger partial charge in [-0.15, -0.1) is 23.2 Å². The van der Waals surface area contributed by atoms with Crippen LogP contribution in [-0.2, 0) is 11.2 Å². The fraction of sp³-hybridized carbons (Fsp3) is 0.182. The summed E-state index contributed by atoms with van der Waals surface area (Å²) in [5, 5.41) is 3.86. The van der Waals surface area contributed by atoms with Crippen LogP contribution >= 0.6 is 58.0 Å². The molecule has 2 unspecified atom stereocenters. The van der Waals surface area contributed by atoms with Crippen molar-refractivity contribution in [3.63, 3.8) is 0 Å². The molecule has 1 aliphatic carbocycles. The minimum absolute atomic E-state index is 0.0232. The zero-order valence-corrected chi connectivity index (χ0v) is 19.9. The Hall–Kier alpha value is -1.89. The van der Waals surface area contributed by atoms with Crippen LogP contribution in [0, 0.1) is 5.92 Å². The summed E-state index contributed by atoms with van der Waals surface area (Å²) < 4.78 is -1.31. The van der Waals surface area contributed by atoms with Crippen molar-refractivity contribution in [2.75, 3.05) is 5.32 Å². The summed E-state index contributed by atoms with van der Waals surface area (Å²) in [6.07, 6.45) is 3.08. The lowest BCUT2D eigenvalue weighted by atomic mass is 10.1. The Kier molecular flexibility index (Phi) is 6.66. The number of amides is 1. The van der Waals surface area contributed by atoms with Gasteiger partial charge in [-0.1, -0.05) is 34.8 Å². The van der Waals surface area contributed by atoms with Crippen molar-refractivity contribution >= 4 is 75.4 Å². The number of rotatable bonds is 6. The van der Waals surface area contributed by atoms with Crippen LogP contribution in [0.2, 0.25) is 15.1 Å². The zero-order valence-electron chi connectivity index (χ0n) is 16.2. The van der Waals surface area contributed by atoms with E-state index in [2.05, 4.69) is 15.3 Å². The molecule has 4 rings (SSSR count). The second kappa shape index (κ2) is 9.16. The zero-order chi connectivity index (χ0) is 23.0. The quantitative estimate of drug-likeness (QED) is 0.297. The number of alkyl halides is 2. The number of halogens is 5. The maximum absolute atomic E-state index is 12.9. The van der Waals surface area contributed by atoms with E-state index in [4.69, 9.17) is 58.0 Å². The highest BCUT2D eigenvalue weighted by atomic mass is 35.5. The summed E-state index contributed by atoms with van der Waals surface area (Å²) in [6, 6.07) is 11.2. The Bertz CT molecular complexity index is 1180. The summed E-state index contributed by atoms with van der Waals surface area (Å²) in [5.74, 6) is -1.51. The van der Waals surface area contributed by atoms with Gasteiger partial charge < -0.3 is 5.32 Å². The van der Waals surface area contributed by atoms with E-state index in [0.29, 0.717) is 27.1 Å². The molecule has 0 aliphatic heterocycles. The molecule has 0 saturated heterocycles. The van der Waals surface area contributed by atoms with Gasteiger partial charge in [-0.05, 0) is 48.0 Å². The smallest absolute Gasteiger partial charge is 0.231 e. The third kappa shape index (κ3) is 4.87.